The number of benzene rings is 2. The number of carbonyl (C=O) groups is 2. The molecule has 2 aromatic rings. The molecule has 2 amide bonds. The summed E-state index contributed by atoms with van der Waals surface area (Å²) in [4.78, 5) is 24.4. The van der Waals surface area contributed by atoms with E-state index in [1.807, 2.05) is 24.3 Å². The van der Waals surface area contributed by atoms with Crippen LogP contribution in [-0.4, -0.2) is 49.0 Å². The zero-order chi connectivity index (χ0) is 22.6. The van der Waals surface area contributed by atoms with Crippen LogP contribution in [0.2, 0.25) is 0 Å². The molecular weight excluding hydrogens is 416 g/mol. The van der Waals surface area contributed by atoms with Crippen molar-refractivity contribution in [1.29, 1.82) is 0 Å². The Morgan fingerprint density at radius 2 is 1.13 bits per heavy atom. The predicted molar refractivity (Wildman–Crippen MR) is 124 cm³/mol. The van der Waals surface area contributed by atoms with Gasteiger partial charge in [0.1, 0.15) is 11.5 Å². The van der Waals surface area contributed by atoms with E-state index < -0.39 is 10.5 Å². The lowest BCUT2D eigenvalue weighted by Gasteiger charge is -2.14. The van der Waals surface area contributed by atoms with Crippen LogP contribution in [0, 0.1) is 0 Å². The van der Waals surface area contributed by atoms with Crippen LogP contribution >= 0.6 is 11.8 Å². The molecule has 164 valence electrons. The summed E-state index contributed by atoms with van der Waals surface area (Å²) in [5, 5.41) is 6.96. The van der Waals surface area contributed by atoms with E-state index in [9.17, 15) is 9.59 Å². The number of ether oxygens (including phenoxy) is 2. The van der Waals surface area contributed by atoms with Crippen LogP contribution < -0.4 is 20.3 Å². The van der Waals surface area contributed by atoms with Gasteiger partial charge in [0.25, 0.3) is 11.8 Å². The maximum atomic E-state index is 12.2. The van der Waals surface area contributed by atoms with Crippen molar-refractivity contribution in [3.63, 3.8) is 0 Å². The molecule has 0 saturated heterocycles. The third-order valence-corrected chi connectivity index (χ3v) is 5.40. The van der Waals surface area contributed by atoms with Crippen molar-refractivity contribution in [2.75, 3.05) is 14.2 Å². The van der Waals surface area contributed by atoms with Crippen molar-refractivity contribution in [3.8, 4) is 11.5 Å². The van der Waals surface area contributed by atoms with Gasteiger partial charge < -0.3 is 9.47 Å². The Kier molecular flexibility index (Phi) is 9.57. The van der Waals surface area contributed by atoms with Crippen LogP contribution in [0.3, 0.4) is 0 Å². The minimum absolute atomic E-state index is 0.295. The van der Waals surface area contributed by atoms with Gasteiger partial charge >= 0.3 is 0 Å². The Morgan fingerprint density at radius 3 is 1.45 bits per heavy atom. The average Bonchev–Trinajstić information content (AvgIpc) is 2.79. The number of hydrazone groups is 2. The molecule has 0 aliphatic carbocycles. The maximum absolute atomic E-state index is 12.2. The second-order valence-electron chi connectivity index (χ2n) is 6.44. The number of carbonyl (C=O) groups excluding carboxylic acids is 2. The van der Waals surface area contributed by atoms with Gasteiger partial charge in [-0.3, -0.25) is 9.59 Å². The molecule has 0 aliphatic rings. The zero-order valence-corrected chi connectivity index (χ0v) is 18.7. The molecule has 0 saturated carbocycles. The molecule has 0 aromatic heterocycles. The molecule has 0 bridgehead atoms. The number of thioether (sulfide) groups is 1. The number of amides is 2. The molecule has 2 unspecified atom stereocenters. The fourth-order valence-electron chi connectivity index (χ4n) is 2.33. The molecule has 8 nitrogen and oxygen atoms in total. The van der Waals surface area contributed by atoms with E-state index in [1.165, 1.54) is 11.8 Å². The lowest BCUT2D eigenvalue weighted by Crippen LogP contribution is -2.33. The van der Waals surface area contributed by atoms with Gasteiger partial charge in [-0.25, -0.2) is 10.9 Å². The van der Waals surface area contributed by atoms with Gasteiger partial charge in [0.05, 0.1) is 37.1 Å². The summed E-state index contributed by atoms with van der Waals surface area (Å²) in [7, 11) is 3.19. The minimum Gasteiger partial charge on any atom is -0.497 e. The first-order valence-corrected chi connectivity index (χ1v) is 10.5. The smallest absolute Gasteiger partial charge is 0.252 e. The highest BCUT2D eigenvalue weighted by atomic mass is 32.2. The quantitative estimate of drug-likeness (QED) is 0.435. The normalized spacial score (nSPS) is 13.0. The number of hydrogen-bond acceptors (Lipinski definition) is 7. The number of methoxy groups -OCH3 is 2. The minimum atomic E-state index is -0.473. The molecule has 31 heavy (non-hydrogen) atoms. The number of hydrogen-bond donors (Lipinski definition) is 2. The van der Waals surface area contributed by atoms with Gasteiger partial charge in [-0.15, -0.1) is 11.8 Å². The van der Waals surface area contributed by atoms with Crippen LogP contribution in [0.4, 0.5) is 0 Å². The van der Waals surface area contributed by atoms with E-state index in [1.54, 1.807) is 64.8 Å². The maximum Gasteiger partial charge on any atom is 0.252 e. The average molecular weight is 443 g/mol. The summed E-state index contributed by atoms with van der Waals surface area (Å²) in [6, 6.07) is 14.5. The molecule has 0 spiro atoms. The van der Waals surface area contributed by atoms with Crippen molar-refractivity contribution in [3.05, 3.63) is 59.7 Å². The van der Waals surface area contributed by atoms with Gasteiger partial charge in [-0.1, -0.05) is 0 Å². The lowest BCUT2D eigenvalue weighted by molar-refractivity contribution is -0.120. The van der Waals surface area contributed by atoms with Crippen molar-refractivity contribution in [1.82, 2.24) is 10.9 Å². The van der Waals surface area contributed by atoms with Crippen LogP contribution in [0.25, 0.3) is 0 Å². The van der Waals surface area contributed by atoms with Gasteiger partial charge in [0.2, 0.25) is 0 Å². The third kappa shape index (κ3) is 8.13. The monoisotopic (exact) mass is 442 g/mol. The zero-order valence-electron chi connectivity index (χ0n) is 17.9. The van der Waals surface area contributed by atoms with Crippen LogP contribution in [-0.2, 0) is 9.59 Å². The Hall–Kier alpha value is -3.33. The van der Waals surface area contributed by atoms with Gasteiger partial charge in [-0.05, 0) is 73.5 Å². The summed E-state index contributed by atoms with van der Waals surface area (Å²) >= 11 is 1.21. The van der Waals surface area contributed by atoms with Gasteiger partial charge in [0.15, 0.2) is 0 Å². The molecule has 2 rings (SSSR count). The molecule has 9 heteroatoms. The summed E-state index contributed by atoms with van der Waals surface area (Å²) in [6.45, 7) is 3.43. The van der Waals surface area contributed by atoms with E-state index in [4.69, 9.17) is 9.47 Å². The van der Waals surface area contributed by atoms with Crippen molar-refractivity contribution < 1.29 is 19.1 Å². The lowest BCUT2D eigenvalue weighted by atomic mass is 10.2. The summed E-state index contributed by atoms with van der Waals surface area (Å²) < 4.78 is 10.2. The highest BCUT2D eigenvalue weighted by Crippen LogP contribution is 2.18. The Morgan fingerprint density at radius 1 is 0.774 bits per heavy atom. The fraction of sp³-hybridized carbons (Fsp3) is 0.273. The number of nitrogens with zero attached hydrogens (tertiary/aromatic N) is 2. The summed E-state index contributed by atoms with van der Waals surface area (Å²) in [5.41, 5.74) is 6.62. The first-order valence-electron chi connectivity index (χ1n) is 9.52. The Labute approximate surface area is 186 Å². The van der Waals surface area contributed by atoms with E-state index >= 15 is 0 Å². The Balaban J connectivity index is 1.76. The van der Waals surface area contributed by atoms with E-state index in [0.717, 1.165) is 22.6 Å². The Bertz CT molecular complexity index is 839. The first kappa shape index (κ1) is 23.9. The molecule has 2 atom stereocenters. The number of rotatable bonds is 10. The largest absolute Gasteiger partial charge is 0.497 e. The third-order valence-electron chi connectivity index (χ3n) is 4.16. The van der Waals surface area contributed by atoms with Gasteiger partial charge in [-0.2, -0.15) is 10.2 Å². The molecule has 0 aliphatic heterocycles. The standard InChI is InChI=1S/C22H26N4O4S/c1-15(21(27)25-23-13-17-5-9-19(29-3)10-6-17)31-16(2)22(28)26-24-14-18-7-11-20(30-4)12-8-18/h5-16H,1-4H3,(H,25,27)(H,26,28)/b23-13-,24-14+. The topological polar surface area (TPSA) is 101 Å². The fourth-order valence-corrected chi connectivity index (χ4v) is 3.30. The predicted octanol–water partition coefficient (Wildman–Crippen LogP) is 2.81. The second kappa shape index (κ2) is 12.4. The summed E-state index contributed by atoms with van der Waals surface area (Å²) in [5.74, 6) is 0.894. The van der Waals surface area contributed by atoms with E-state index in [2.05, 4.69) is 21.1 Å². The molecule has 2 aromatic carbocycles. The van der Waals surface area contributed by atoms with Crippen molar-refractivity contribution in [2.24, 2.45) is 10.2 Å². The van der Waals surface area contributed by atoms with E-state index in [-0.39, 0.29) is 11.8 Å². The van der Waals surface area contributed by atoms with Crippen LogP contribution in [0.5, 0.6) is 11.5 Å². The van der Waals surface area contributed by atoms with Crippen molar-refractivity contribution in [2.45, 2.75) is 24.3 Å². The van der Waals surface area contributed by atoms with E-state index in [0.29, 0.717) is 0 Å². The van der Waals surface area contributed by atoms with Crippen LogP contribution in [0.1, 0.15) is 25.0 Å². The highest BCUT2D eigenvalue weighted by molar-refractivity contribution is 8.01. The SMILES string of the molecule is COc1ccc(/C=N\NC(=O)C(C)SC(C)C(=O)N/N=C/c2ccc(OC)cc2)cc1. The second-order valence-corrected chi connectivity index (χ2v) is 8.12. The summed E-state index contributed by atoms with van der Waals surface area (Å²) in [6.07, 6.45) is 3.08. The molecular formula is C22H26N4O4S. The highest BCUT2D eigenvalue weighted by Gasteiger charge is 2.21. The van der Waals surface area contributed by atoms with Gasteiger partial charge in [0, 0.05) is 0 Å². The van der Waals surface area contributed by atoms with Crippen molar-refractivity contribution >= 4 is 36.0 Å². The molecule has 0 fully saturated rings. The molecule has 0 radical (unpaired) electrons. The first-order chi connectivity index (χ1) is 14.9. The number of nitrogens with one attached hydrogen (secondary N) is 2. The molecule has 0 heterocycles. The molecule has 2 N–H and O–H groups in total. The van der Waals surface area contributed by atoms with Crippen LogP contribution in [0.15, 0.2) is 58.7 Å².